The summed E-state index contributed by atoms with van der Waals surface area (Å²) in [5.41, 5.74) is 3.76. The number of hydrogen-bond acceptors (Lipinski definition) is 2. The third-order valence-corrected chi connectivity index (χ3v) is 3.49. The highest BCUT2D eigenvalue weighted by molar-refractivity contribution is 6.38. The van der Waals surface area contributed by atoms with Crippen LogP contribution in [0.1, 0.15) is 31.2 Å². The quantitative estimate of drug-likeness (QED) is 0.633. The van der Waals surface area contributed by atoms with Crippen LogP contribution in [0.2, 0.25) is 10.0 Å². The molecule has 0 aliphatic carbocycles. The monoisotopic (exact) mass is 284 g/mol. The minimum Gasteiger partial charge on any atom is -0.277 e. The Morgan fingerprint density at radius 1 is 1.17 bits per heavy atom. The minimum atomic E-state index is 0.604. The molecule has 18 heavy (non-hydrogen) atoms. The van der Waals surface area contributed by atoms with Crippen molar-refractivity contribution in [2.75, 3.05) is 6.54 Å². The second kappa shape index (κ2) is 6.76. The van der Waals surface area contributed by atoms with Crippen molar-refractivity contribution in [2.24, 2.45) is 5.10 Å². The average Bonchev–Trinajstić information content (AvgIpc) is 2.61. The van der Waals surface area contributed by atoms with Crippen LogP contribution in [-0.4, -0.2) is 18.6 Å². The molecule has 0 saturated carbocycles. The first kappa shape index (κ1) is 13.4. The van der Waals surface area contributed by atoms with Crippen molar-refractivity contribution in [2.45, 2.75) is 25.7 Å². The predicted octanol–water partition coefficient (Wildman–Crippen LogP) is 1.97. The molecular formula is C13H16Cl2N3+. The lowest BCUT2D eigenvalue weighted by atomic mass is 10.2. The molecule has 0 fully saturated rings. The zero-order chi connectivity index (χ0) is 12.8. The fourth-order valence-electron chi connectivity index (χ4n) is 1.84. The maximum atomic E-state index is 6.05. The molecule has 5 heteroatoms. The van der Waals surface area contributed by atoms with Crippen LogP contribution in [0.15, 0.2) is 23.3 Å². The van der Waals surface area contributed by atoms with E-state index < -0.39 is 0 Å². The summed E-state index contributed by atoms with van der Waals surface area (Å²) in [5, 5.41) is 5.39. The number of benzene rings is 1. The van der Waals surface area contributed by atoms with E-state index in [0.29, 0.717) is 10.0 Å². The van der Waals surface area contributed by atoms with Crippen LogP contribution in [0.25, 0.3) is 0 Å². The number of hydrazone groups is 1. The fraction of sp³-hybridized carbons (Fsp3) is 0.385. The van der Waals surface area contributed by atoms with Crippen molar-refractivity contribution in [3.8, 4) is 0 Å². The van der Waals surface area contributed by atoms with Gasteiger partial charge in [-0.1, -0.05) is 34.4 Å². The average molecular weight is 285 g/mol. The van der Waals surface area contributed by atoms with Gasteiger partial charge in [0.05, 0.1) is 29.2 Å². The van der Waals surface area contributed by atoms with Gasteiger partial charge in [0.15, 0.2) is 0 Å². The van der Waals surface area contributed by atoms with Crippen LogP contribution >= 0.6 is 23.2 Å². The van der Waals surface area contributed by atoms with Crippen LogP contribution in [0.3, 0.4) is 0 Å². The van der Waals surface area contributed by atoms with Gasteiger partial charge in [0.2, 0.25) is 0 Å². The topological polar surface area (TPSA) is 38.4 Å². The van der Waals surface area contributed by atoms with E-state index in [1.165, 1.54) is 19.3 Å². The molecule has 1 aliphatic rings. The van der Waals surface area contributed by atoms with E-state index in [9.17, 15) is 0 Å². The van der Waals surface area contributed by atoms with Gasteiger partial charge in [0, 0.05) is 5.56 Å². The molecule has 0 aromatic heterocycles. The number of rotatable bonds is 2. The van der Waals surface area contributed by atoms with Crippen LogP contribution in [0, 0.1) is 0 Å². The lowest BCUT2D eigenvalue weighted by molar-refractivity contribution is -0.459. The molecule has 2 N–H and O–H groups in total. The van der Waals surface area contributed by atoms with Crippen molar-refractivity contribution >= 4 is 35.3 Å². The molecule has 0 amide bonds. The Bertz CT molecular complexity index is 449. The van der Waals surface area contributed by atoms with Gasteiger partial charge in [-0.05, 0) is 31.4 Å². The molecule has 0 saturated heterocycles. The molecular weight excluding hydrogens is 269 g/mol. The summed E-state index contributed by atoms with van der Waals surface area (Å²) in [6, 6.07) is 5.41. The molecule has 1 heterocycles. The summed E-state index contributed by atoms with van der Waals surface area (Å²) in [6.07, 6.45) is 6.33. The third-order valence-electron chi connectivity index (χ3n) is 2.83. The van der Waals surface area contributed by atoms with Gasteiger partial charge in [-0.25, -0.2) is 0 Å². The third kappa shape index (κ3) is 3.72. The Hall–Kier alpha value is -1.06. The second-order valence-corrected chi connectivity index (χ2v) is 5.04. The van der Waals surface area contributed by atoms with Gasteiger partial charge in [-0.2, -0.15) is 5.43 Å². The van der Waals surface area contributed by atoms with E-state index in [4.69, 9.17) is 23.2 Å². The molecule has 0 atom stereocenters. The Morgan fingerprint density at radius 2 is 1.94 bits per heavy atom. The van der Waals surface area contributed by atoms with Crippen LogP contribution in [0.4, 0.5) is 0 Å². The molecule has 1 aromatic rings. The Kier molecular flexibility index (Phi) is 5.02. The first-order valence-corrected chi connectivity index (χ1v) is 6.86. The summed E-state index contributed by atoms with van der Waals surface area (Å²) < 4.78 is 0. The predicted molar refractivity (Wildman–Crippen MR) is 76.5 cm³/mol. The molecule has 3 nitrogen and oxygen atoms in total. The maximum absolute atomic E-state index is 6.05. The SMILES string of the molecule is Clc1cccc(Cl)c1/C=N/NC1=[NH+]CCCCC1. The van der Waals surface area contributed by atoms with Crippen molar-refractivity contribution in [3.63, 3.8) is 0 Å². The van der Waals surface area contributed by atoms with E-state index in [0.717, 1.165) is 24.4 Å². The summed E-state index contributed by atoms with van der Waals surface area (Å²) in [7, 11) is 0. The van der Waals surface area contributed by atoms with E-state index in [1.807, 2.05) is 6.07 Å². The first-order chi connectivity index (χ1) is 8.77. The van der Waals surface area contributed by atoms with E-state index >= 15 is 0 Å². The number of amidine groups is 1. The summed E-state index contributed by atoms with van der Waals surface area (Å²) in [6.45, 7) is 1.00. The molecule has 96 valence electrons. The number of nitrogens with zero attached hydrogens (tertiary/aromatic N) is 1. The normalized spacial score (nSPS) is 16.4. The summed E-state index contributed by atoms with van der Waals surface area (Å²) in [4.78, 5) is 3.32. The molecule has 2 rings (SSSR count). The molecule has 0 unspecified atom stereocenters. The molecule has 1 aliphatic heterocycles. The van der Waals surface area contributed by atoms with Gasteiger partial charge >= 0.3 is 0 Å². The maximum Gasteiger partial charge on any atom is 0.267 e. The largest absolute Gasteiger partial charge is 0.277 e. The molecule has 0 radical (unpaired) electrons. The van der Waals surface area contributed by atoms with Crippen LogP contribution < -0.4 is 10.4 Å². The van der Waals surface area contributed by atoms with Gasteiger partial charge in [-0.15, -0.1) is 0 Å². The number of nitrogens with one attached hydrogen (secondary N) is 2. The number of hydrogen-bond donors (Lipinski definition) is 2. The van der Waals surface area contributed by atoms with Gasteiger partial charge in [0.1, 0.15) is 0 Å². The van der Waals surface area contributed by atoms with Crippen molar-refractivity contribution < 1.29 is 4.99 Å². The Balaban J connectivity index is 2.00. The van der Waals surface area contributed by atoms with Crippen LogP contribution in [-0.2, 0) is 0 Å². The zero-order valence-electron chi connectivity index (χ0n) is 10.0. The van der Waals surface area contributed by atoms with Gasteiger partial charge in [-0.3, -0.25) is 4.99 Å². The Labute approximate surface area is 117 Å². The summed E-state index contributed by atoms with van der Waals surface area (Å²) >= 11 is 12.1. The zero-order valence-corrected chi connectivity index (χ0v) is 11.6. The van der Waals surface area contributed by atoms with E-state index in [2.05, 4.69) is 15.5 Å². The van der Waals surface area contributed by atoms with Crippen LogP contribution in [0.5, 0.6) is 0 Å². The highest BCUT2D eigenvalue weighted by atomic mass is 35.5. The molecule has 0 bridgehead atoms. The van der Waals surface area contributed by atoms with Crippen molar-refractivity contribution in [3.05, 3.63) is 33.8 Å². The van der Waals surface area contributed by atoms with Gasteiger partial charge in [0.25, 0.3) is 5.84 Å². The number of halogens is 2. The fourth-order valence-corrected chi connectivity index (χ4v) is 2.33. The molecule has 1 aromatic carbocycles. The van der Waals surface area contributed by atoms with E-state index in [-0.39, 0.29) is 0 Å². The Morgan fingerprint density at radius 3 is 2.72 bits per heavy atom. The smallest absolute Gasteiger partial charge is 0.267 e. The van der Waals surface area contributed by atoms with Crippen molar-refractivity contribution in [1.29, 1.82) is 0 Å². The van der Waals surface area contributed by atoms with Gasteiger partial charge < -0.3 is 0 Å². The standard InChI is InChI=1S/C13H15Cl2N3/c14-11-5-4-6-12(15)10(11)9-17-18-13-7-2-1-3-8-16-13/h4-6,9H,1-3,7-8H2,(H,16,18)/p+1/b17-9+. The van der Waals surface area contributed by atoms with E-state index in [1.54, 1.807) is 18.3 Å². The minimum absolute atomic E-state index is 0.604. The lowest BCUT2D eigenvalue weighted by Crippen LogP contribution is -2.75. The highest BCUT2D eigenvalue weighted by Gasteiger charge is 2.09. The highest BCUT2D eigenvalue weighted by Crippen LogP contribution is 2.21. The first-order valence-electron chi connectivity index (χ1n) is 6.10. The molecule has 0 spiro atoms. The lowest BCUT2D eigenvalue weighted by Gasteiger charge is -1.99. The summed E-state index contributed by atoms with van der Waals surface area (Å²) in [5.74, 6) is 1.06. The van der Waals surface area contributed by atoms with Crippen molar-refractivity contribution in [1.82, 2.24) is 5.43 Å². The second-order valence-electron chi connectivity index (χ2n) is 4.22.